The van der Waals surface area contributed by atoms with E-state index < -0.39 is 5.91 Å². The molecule has 0 spiro atoms. The van der Waals surface area contributed by atoms with Crippen LogP contribution in [-0.2, 0) is 4.79 Å². The third kappa shape index (κ3) is 2.97. The van der Waals surface area contributed by atoms with E-state index in [4.69, 9.17) is 15.2 Å². The number of oxime groups is 2. The number of hydrogen-bond acceptors (Lipinski definition) is 6. The molecule has 7 nitrogen and oxygen atoms in total. The molecule has 0 fully saturated rings. The van der Waals surface area contributed by atoms with Gasteiger partial charge in [-0.1, -0.05) is 22.4 Å². The standard InChI is InChI=1S/C11H13N3O4/c1-7(13-16)10(14-17)11(15)12-8-5-3-4-6-9(8)18-2/h3-6,16-17H,1-2H3,(H,12,15)/b13-7+,14-10+. The lowest BCUT2D eigenvalue weighted by molar-refractivity contribution is -0.110. The molecular formula is C11H13N3O4. The van der Waals surface area contributed by atoms with Crippen LogP contribution in [0.25, 0.3) is 0 Å². The van der Waals surface area contributed by atoms with Gasteiger partial charge in [0.1, 0.15) is 11.5 Å². The Balaban J connectivity index is 2.94. The highest BCUT2D eigenvalue weighted by Gasteiger charge is 2.17. The molecule has 0 saturated heterocycles. The van der Waals surface area contributed by atoms with E-state index in [1.807, 2.05) is 0 Å². The second kappa shape index (κ2) is 6.24. The zero-order valence-electron chi connectivity index (χ0n) is 9.91. The number of anilines is 1. The molecule has 0 bridgehead atoms. The fraction of sp³-hybridized carbons (Fsp3) is 0.182. The number of nitrogens with one attached hydrogen (secondary N) is 1. The van der Waals surface area contributed by atoms with Gasteiger partial charge in [0.2, 0.25) is 0 Å². The molecule has 0 aliphatic heterocycles. The summed E-state index contributed by atoms with van der Waals surface area (Å²) in [6, 6.07) is 6.74. The number of amides is 1. The van der Waals surface area contributed by atoms with Gasteiger partial charge in [-0.15, -0.1) is 0 Å². The number of methoxy groups -OCH3 is 1. The van der Waals surface area contributed by atoms with Gasteiger partial charge in [-0.05, 0) is 19.1 Å². The van der Waals surface area contributed by atoms with Gasteiger partial charge in [0, 0.05) is 0 Å². The molecule has 7 heteroatoms. The summed E-state index contributed by atoms with van der Waals surface area (Å²) in [7, 11) is 1.46. The molecule has 18 heavy (non-hydrogen) atoms. The van der Waals surface area contributed by atoms with Gasteiger partial charge < -0.3 is 20.5 Å². The van der Waals surface area contributed by atoms with Crippen LogP contribution in [0.15, 0.2) is 34.6 Å². The van der Waals surface area contributed by atoms with Crippen LogP contribution >= 0.6 is 0 Å². The van der Waals surface area contributed by atoms with Crippen LogP contribution in [0, 0.1) is 0 Å². The average molecular weight is 251 g/mol. The summed E-state index contributed by atoms with van der Waals surface area (Å²) in [6.07, 6.45) is 0. The summed E-state index contributed by atoms with van der Waals surface area (Å²) in [5, 5.41) is 25.3. The average Bonchev–Trinajstić information content (AvgIpc) is 2.39. The fourth-order valence-corrected chi connectivity index (χ4v) is 1.26. The first-order valence-corrected chi connectivity index (χ1v) is 4.99. The quantitative estimate of drug-likeness (QED) is 0.426. The maximum atomic E-state index is 11.8. The number of ether oxygens (including phenoxy) is 1. The highest BCUT2D eigenvalue weighted by atomic mass is 16.5. The van der Waals surface area contributed by atoms with Crippen molar-refractivity contribution in [2.24, 2.45) is 10.3 Å². The normalized spacial score (nSPS) is 12.1. The minimum Gasteiger partial charge on any atom is -0.495 e. The minimum atomic E-state index is -0.711. The van der Waals surface area contributed by atoms with E-state index in [0.717, 1.165) is 0 Å². The molecule has 0 heterocycles. The maximum Gasteiger partial charge on any atom is 0.279 e. The molecule has 1 rings (SSSR count). The lowest BCUT2D eigenvalue weighted by Gasteiger charge is -2.09. The first-order chi connectivity index (χ1) is 8.63. The Hall–Kier alpha value is -2.57. The second-order valence-corrected chi connectivity index (χ2v) is 3.29. The fourth-order valence-electron chi connectivity index (χ4n) is 1.26. The molecule has 96 valence electrons. The van der Waals surface area contributed by atoms with Crippen molar-refractivity contribution < 1.29 is 19.9 Å². The van der Waals surface area contributed by atoms with Crippen LogP contribution < -0.4 is 10.1 Å². The minimum absolute atomic E-state index is 0.107. The molecule has 0 saturated carbocycles. The van der Waals surface area contributed by atoms with Gasteiger partial charge in [-0.2, -0.15) is 0 Å². The smallest absolute Gasteiger partial charge is 0.279 e. The molecule has 1 aromatic rings. The van der Waals surface area contributed by atoms with E-state index in [1.165, 1.54) is 14.0 Å². The lowest BCUT2D eigenvalue weighted by atomic mass is 10.2. The van der Waals surface area contributed by atoms with Gasteiger partial charge in [0.25, 0.3) is 5.91 Å². The summed E-state index contributed by atoms with van der Waals surface area (Å²) in [5.41, 5.74) is -0.0785. The molecule has 3 N–H and O–H groups in total. The van der Waals surface area contributed by atoms with Gasteiger partial charge in [-0.25, -0.2) is 0 Å². The molecule has 0 aliphatic carbocycles. The van der Waals surface area contributed by atoms with E-state index in [1.54, 1.807) is 24.3 Å². The van der Waals surface area contributed by atoms with Crippen LogP contribution in [0.3, 0.4) is 0 Å². The Morgan fingerprint density at radius 3 is 2.50 bits per heavy atom. The van der Waals surface area contributed by atoms with E-state index >= 15 is 0 Å². The van der Waals surface area contributed by atoms with Gasteiger partial charge in [0.05, 0.1) is 12.8 Å². The lowest BCUT2D eigenvalue weighted by Crippen LogP contribution is -2.28. The topological polar surface area (TPSA) is 104 Å². The Morgan fingerprint density at radius 1 is 1.28 bits per heavy atom. The summed E-state index contributed by atoms with van der Waals surface area (Å²) >= 11 is 0. The van der Waals surface area contributed by atoms with Crippen molar-refractivity contribution in [1.29, 1.82) is 0 Å². The summed E-state index contributed by atoms with van der Waals surface area (Å²) in [5.74, 6) is -0.251. The number of rotatable bonds is 4. The van der Waals surface area contributed by atoms with Gasteiger partial charge in [0.15, 0.2) is 5.71 Å². The third-order valence-corrected chi connectivity index (χ3v) is 2.16. The van der Waals surface area contributed by atoms with Crippen molar-refractivity contribution in [1.82, 2.24) is 0 Å². The number of para-hydroxylation sites is 2. The summed E-state index contributed by atoms with van der Waals surface area (Å²) in [4.78, 5) is 11.8. The van der Waals surface area contributed by atoms with Crippen molar-refractivity contribution in [2.45, 2.75) is 6.92 Å². The second-order valence-electron chi connectivity index (χ2n) is 3.29. The predicted molar refractivity (Wildman–Crippen MR) is 65.7 cm³/mol. The van der Waals surface area contributed by atoms with E-state index in [0.29, 0.717) is 11.4 Å². The number of benzene rings is 1. The zero-order valence-corrected chi connectivity index (χ0v) is 9.91. The van der Waals surface area contributed by atoms with Crippen LogP contribution in [0.5, 0.6) is 5.75 Å². The molecule has 0 unspecified atom stereocenters. The first-order valence-electron chi connectivity index (χ1n) is 4.99. The van der Waals surface area contributed by atoms with E-state index in [9.17, 15) is 4.79 Å². The molecule has 0 radical (unpaired) electrons. The molecule has 1 amide bonds. The van der Waals surface area contributed by atoms with Crippen LogP contribution in [0.1, 0.15) is 6.92 Å². The number of carbonyl (C=O) groups is 1. The third-order valence-electron chi connectivity index (χ3n) is 2.16. The van der Waals surface area contributed by atoms with Crippen molar-refractivity contribution >= 4 is 23.0 Å². The molecular weight excluding hydrogens is 238 g/mol. The van der Waals surface area contributed by atoms with Gasteiger partial charge in [-0.3, -0.25) is 4.79 Å². The molecule has 0 aromatic heterocycles. The Bertz CT molecular complexity index is 497. The highest BCUT2D eigenvalue weighted by molar-refractivity contribution is 6.68. The predicted octanol–water partition coefficient (Wildman–Crippen LogP) is 1.31. The number of hydrogen-bond donors (Lipinski definition) is 3. The summed E-state index contributed by atoms with van der Waals surface area (Å²) in [6.45, 7) is 1.33. The van der Waals surface area contributed by atoms with E-state index in [2.05, 4.69) is 15.6 Å². The van der Waals surface area contributed by atoms with Gasteiger partial charge >= 0.3 is 0 Å². The first kappa shape index (κ1) is 13.5. The van der Waals surface area contributed by atoms with Crippen molar-refractivity contribution in [3.05, 3.63) is 24.3 Å². The number of nitrogens with zero attached hydrogens (tertiary/aromatic N) is 2. The van der Waals surface area contributed by atoms with Crippen molar-refractivity contribution in [3.8, 4) is 5.75 Å². The van der Waals surface area contributed by atoms with Crippen LogP contribution in [0.2, 0.25) is 0 Å². The summed E-state index contributed by atoms with van der Waals surface area (Å²) < 4.78 is 5.05. The molecule has 1 aromatic carbocycles. The number of carbonyl (C=O) groups excluding carboxylic acids is 1. The van der Waals surface area contributed by atoms with Crippen LogP contribution in [0.4, 0.5) is 5.69 Å². The van der Waals surface area contributed by atoms with Crippen molar-refractivity contribution in [3.63, 3.8) is 0 Å². The Kier molecular flexibility index (Phi) is 4.67. The molecule has 0 atom stereocenters. The Morgan fingerprint density at radius 2 is 1.94 bits per heavy atom. The van der Waals surface area contributed by atoms with Crippen molar-refractivity contribution in [2.75, 3.05) is 12.4 Å². The largest absolute Gasteiger partial charge is 0.495 e. The van der Waals surface area contributed by atoms with E-state index in [-0.39, 0.29) is 11.4 Å². The van der Waals surface area contributed by atoms with Crippen LogP contribution in [-0.4, -0.2) is 34.9 Å². The SMILES string of the molecule is COc1ccccc1NC(=O)C(=N/O)/C(C)=N/O. The zero-order chi connectivity index (χ0) is 13.5. The maximum absolute atomic E-state index is 11.8. The molecule has 0 aliphatic rings. The highest BCUT2D eigenvalue weighted by Crippen LogP contribution is 2.22. The Labute approximate surface area is 103 Å². The monoisotopic (exact) mass is 251 g/mol.